The van der Waals surface area contributed by atoms with Gasteiger partial charge < -0.3 is 15.1 Å². The third-order valence-corrected chi connectivity index (χ3v) is 7.44. The van der Waals surface area contributed by atoms with Gasteiger partial charge in [-0.3, -0.25) is 14.4 Å². The third kappa shape index (κ3) is 5.01. The Hall–Kier alpha value is -3.93. The summed E-state index contributed by atoms with van der Waals surface area (Å²) in [6, 6.07) is 24.7. The van der Waals surface area contributed by atoms with E-state index in [-0.39, 0.29) is 23.6 Å². The molecule has 0 spiro atoms. The molecule has 1 fully saturated rings. The molecule has 3 amide bonds. The molecule has 0 aromatic heterocycles. The Balaban J connectivity index is 1.24. The van der Waals surface area contributed by atoms with Crippen LogP contribution in [0.4, 0.5) is 0 Å². The van der Waals surface area contributed by atoms with Crippen LogP contribution in [0, 0.1) is 5.92 Å². The number of hydrogen-bond acceptors (Lipinski definition) is 3. The van der Waals surface area contributed by atoms with Crippen LogP contribution in [0.3, 0.4) is 0 Å². The minimum absolute atomic E-state index is 0.0711. The highest BCUT2D eigenvalue weighted by Crippen LogP contribution is 2.30. The van der Waals surface area contributed by atoms with E-state index in [1.807, 2.05) is 68.4 Å². The molecule has 6 nitrogen and oxygen atoms in total. The predicted octanol–water partition coefficient (Wildman–Crippen LogP) is 4.64. The van der Waals surface area contributed by atoms with Crippen LogP contribution in [0.15, 0.2) is 78.9 Å². The van der Waals surface area contributed by atoms with Crippen molar-refractivity contribution < 1.29 is 14.4 Å². The molecule has 2 aliphatic heterocycles. The van der Waals surface area contributed by atoms with E-state index in [9.17, 15) is 14.4 Å². The summed E-state index contributed by atoms with van der Waals surface area (Å²) >= 11 is 0. The van der Waals surface area contributed by atoms with Crippen LogP contribution in [0.1, 0.15) is 48.2 Å². The van der Waals surface area contributed by atoms with Gasteiger partial charge in [0, 0.05) is 25.2 Å². The summed E-state index contributed by atoms with van der Waals surface area (Å²) in [5.41, 5.74) is 4.89. The molecule has 0 saturated carbocycles. The zero-order valence-corrected chi connectivity index (χ0v) is 21.4. The number of carbonyl (C=O) groups excluding carboxylic acids is 3. The molecule has 0 bridgehead atoms. The van der Waals surface area contributed by atoms with Gasteiger partial charge in [0.2, 0.25) is 11.8 Å². The second kappa shape index (κ2) is 10.6. The molecule has 1 N–H and O–H groups in total. The van der Waals surface area contributed by atoms with E-state index >= 15 is 0 Å². The Morgan fingerprint density at radius 1 is 0.919 bits per heavy atom. The number of rotatable bonds is 7. The molecule has 190 valence electrons. The Morgan fingerprint density at radius 2 is 1.59 bits per heavy atom. The number of likely N-dealkylation sites (tertiary alicyclic amines) is 1. The van der Waals surface area contributed by atoms with Gasteiger partial charge in [-0.2, -0.15) is 0 Å². The number of carbonyl (C=O) groups is 3. The van der Waals surface area contributed by atoms with Crippen molar-refractivity contribution in [3.8, 4) is 11.1 Å². The Kier molecular flexibility index (Phi) is 7.08. The molecule has 2 aliphatic rings. The second-order valence-corrected chi connectivity index (χ2v) is 10.2. The van der Waals surface area contributed by atoms with E-state index in [1.54, 1.807) is 9.80 Å². The highest BCUT2D eigenvalue weighted by molar-refractivity contribution is 6.01. The summed E-state index contributed by atoms with van der Waals surface area (Å²) in [5.74, 6) is -0.461. The van der Waals surface area contributed by atoms with Crippen LogP contribution in [-0.4, -0.2) is 46.1 Å². The summed E-state index contributed by atoms with van der Waals surface area (Å²) in [7, 11) is 0. The molecule has 2 heterocycles. The van der Waals surface area contributed by atoms with Gasteiger partial charge in [-0.15, -0.1) is 0 Å². The summed E-state index contributed by atoms with van der Waals surface area (Å²) in [4.78, 5) is 43.5. The van der Waals surface area contributed by atoms with Crippen molar-refractivity contribution in [2.75, 3.05) is 6.54 Å². The molecule has 0 radical (unpaired) electrons. The summed E-state index contributed by atoms with van der Waals surface area (Å²) < 4.78 is 0. The molecule has 3 aromatic rings. The minimum atomic E-state index is -0.598. The van der Waals surface area contributed by atoms with E-state index in [0.717, 1.165) is 28.7 Å². The number of hydrogen-bond donors (Lipinski definition) is 1. The van der Waals surface area contributed by atoms with Gasteiger partial charge in [-0.25, -0.2) is 0 Å². The molecule has 2 unspecified atom stereocenters. The van der Waals surface area contributed by atoms with Crippen molar-refractivity contribution in [2.24, 2.45) is 5.92 Å². The first-order valence-corrected chi connectivity index (χ1v) is 13.1. The lowest BCUT2D eigenvalue weighted by Crippen LogP contribution is -2.55. The highest BCUT2D eigenvalue weighted by Gasteiger charge is 2.43. The fraction of sp³-hybridized carbons (Fsp3) is 0.323. The van der Waals surface area contributed by atoms with Crippen molar-refractivity contribution in [2.45, 2.75) is 51.9 Å². The fourth-order valence-corrected chi connectivity index (χ4v) is 5.51. The van der Waals surface area contributed by atoms with Gasteiger partial charge in [0.05, 0.1) is 0 Å². The monoisotopic (exact) mass is 495 g/mol. The lowest BCUT2D eigenvalue weighted by atomic mass is 10.0. The average molecular weight is 496 g/mol. The topological polar surface area (TPSA) is 69.7 Å². The van der Waals surface area contributed by atoms with Gasteiger partial charge >= 0.3 is 0 Å². The van der Waals surface area contributed by atoms with Crippen molar-refractivity contribution in [3.05, 3.63) is 95.6 Å². The molecule has 6 heteroatoms. The van der Waals surface area contributed by atoms with Crippen molar-refractivity contribution in [1.82, 2.24) is 15.1 Å². The van der Waals surface area contributed by atoms with Crippen LogP contribution in [0.2, 0.25) is 0 Å². The predicted molar refractivity (Wildman–Crippen MR) is 143 cm³/mol. The lowest BCUT2D eigenvalue weighted by Gasteiger charge is -2.35. The number of nitrogens with one attached hydrogen (secondary N) is 1. The number of nitrogens with zero attached hydrogens (tertiary/aromatic N) is 2. The van der Waals surface area contributed by atoms with Gasteiger partial charge in [0.1, 0.15) is 12.1 Å². The van der Waals surface area contributed by atoms with Crippen LogP contribution < -0.4 is 5.32 Å². The van der Waals surface area contributed by atoms with E-state index in [0.29, 0.717) is 31.6 Å². The van der Waals surface area contributed by atoms with Gasteiger partial charge in [-0.05, 0) is 47.1 Å². The molecule has 3 aromatic carbocycles. The summed E-state index contributed by atoms with van der Waals surface area (Å²) in [6.45, 7) is 5.28. The lowest BCUT2D eigenvalue weighted by molar-refractivity contribution is -0.143. The van der Waals surface area contributed by atoms with Crippen LogP contribution in [0.5, 0.6) is 0 Å². The SMILES string of the molecule is CC(C)C(C(=O)N1CCCC1C(=O)NCc1ccc(-c2ccccc2)cc1)N1Cc2ccccc2C1=O. The first kappa shape index (κ1) is 24.8. The largest absolute Gasteiger partial charge is 0.350 e. The maximum atomic E-state index is 13.8. The van der Waals surface area contributed by atoms with Crippen molar-refractivity contribution in [1.29, 1.82) is 0 Å². The smallest absolute Gasteiger partial charge is 0.255 e. The standard InChI is InChI=1S/C31H33N3O3/c1-21(2)28(34-20-25-11-6-7-12-26(25)30(34)36)31(37)33-18-8-13-27(33)29(35)32-19-22-14-16-24(17-15-22)23-9-4-3-5-10-23/h3-7,9-12,14-17,21,27-28H,8,13,18-20H2,1-2H3,(H,32,35). The molecule has 2 atom stereocenters. The highest BCUT2D eigenvalue weighted by atomic mass is 16.2. The van der Waals surface area contributed by atoms with Crippen LogP contribution >= 0.6 is 0 Å². The molecule has 1 saturated heterocycles. The van der Waals surface area contributed by atoms with Crippen LogP contribution in [-0.2, 0) is 22.7 Å². The molecule has 5 rings (SSSR count). The molecular formula is C31H33N3O3. The van der Waals surface area contributed by atoms with E-state index in [2.05, 4.69) is 29.6 Å². The molecule has 37 heavy (non-hydrogen) atoms. The number of fused-ring (bicyclic) bond motifs is 1. The maximum absolute atomic E-state index is 13.8. The van der Waals surface area contributed by atoms with Gasteiger partial charge in [0.25, 0.3) is 5.91 Å². The maximum Gasteiger partial charge on any atom is 0.255 e. The number of amides is 3. The average Bonchev–Trinajstić information content (AvgIpc) is 3.54. The van der Waals surface area contributed by atoms with E-state index < -0.39 is 12.1 Å². The third-order valence-electron chi connectivity index (χ3n) is 7.44. The molecule has 0 aliphatic carbocycles. The number of benzene rings is 3. The quantitative estimate of drug-likeness (QED) is 0.519. The second-order valence-electron chi connectivity index (χ2n) is 10.2. The van der Waals surface area contributed by atoms with Crippen molar-refractivity contribution in [3.63, 3.8) is 0 Å². The van der Waals surface area contributed by atoms with E-state index in [1.165, 1.54) is 0 Å². The zero-order chi connectivity index (χ0) is 25.9. The summed E-state index contributed by atoms with van der Waals surface area (Å²) in [6.07, 6.45) is 1.40. The van der Waals surface area contributed by atoms with Gasteiger partial charge in [0.15, 0.2) is 0 Å². The first-order valence-electron chi connectivity index (χ1n) is 13.1. The van der Waals surface area contributed by atoms with Crippen molar-refractivity contribution >= 4 is 17.7 Å². The summed E-state index contributed by atoms with van der Waals surface area (Å²) in [5, 5.41) is 3.03. The Labute approximate surface area is 218 Å². The normalized spacial score (nSPS) is 17.7. The molecular weight excluding hydrogens is 462 g/mol. The fourth-order valence-electron chi connectivity index (χ4n) is 5.51. The Bertz CT molecular complexity index is 1290. The zero-order valence-electron chi connectivity index (χ0n) is 21.4. The van der Waals surface area contributed by atoms with Gasteiger partial charge in [-0.1, -0.05) is 86.6 Å². The first-order chi connectivity index (χ1) is 17.9. The van der Waals surface area contributed by atoms with Crippen LogP contribution in [0.25, 0.3) is 11.1 Å². The van der Waals surface area contributed by atoms with E-state index in [4.69, 9.17) is 0 Å². The minimum Gasteiger partial charge on any atom is -0.350 e. The Morgan fingerprint density at radius 3 is 2.30 bits per heavy atom.